The summed E-state index contributed by atoms with van der Waals surface area (Å²) in [6.07, 6.45) is 4.71. The second-order valence-corrected chi connectivity index (χ2v) is 4.18. The quantitative estimate of drug-likeness (QED) is 0.806. The molecular weight excluding hydrogens is 279 g/mol. The summed E-state index contributed by atoms with van der Waals surface area (Å²) in [5.41, 5.74) is 2.42. The van der Waals surface area contributed by atoms with Crippen molar-refractivity contribution in [3.05, 3.63) is 38.5 Å². The number of carboxylic acids is 1. The second kappa shape index (κ2) is 3.14. The Balaban J connectivity index is 2.66. The Morgan fingerprint density at radius 2 is 2.23 bits per heavy atom. The molecule has 0 atom stereocenters. The molecule has 0 bridgehead atoms. The van der Waals surface area contributed by atoms with Gasteiger partial charge in [-0.3, -0.25) is 0 Å². The summed E-state index contributed by atoms with van der Waals surface area (Å²) in [6, 6.07) is 3.72. The summed E-state index contributed by atoms with van der Waals surface area (Å²) in [7, 11) is 0. The van der Waals surface area contributed by atoms with Gasteiger partial charge in [0.25, 0.3) is 0 Å². The first-order chi connectivity index (χ1) is 6.18. The van der Waals surface area contributed by atoms with Crippen molar-refractivity contribution in [1.82, 2.24) is 0 Å². The monoisotopic (exact) mass is 286 g/mol. The molecule has 2 rings (SSSR count). The first-order valence-corrected chi connectivity index (χ1v) is 4.98. The van der Waals surface area contributed by atoms with Crippen molar-refractivity contribution in [2.45, 2.75) is 6.42 Å². The molecule has 1 aromatic rings. The number of fused-ring (bicyclic) bond motifs is 1. The number of carboxylic acid groups (broad SMARTS) is 1. The van der Waals surface area contributed by atoms with Crippen LogP contribution < -0.4 is 0 Å². The number of aromatic carboxylic acids is 1. The minimum absolute atomic E-state index is 0.437. The Morgan fingerprint density at radius 3 is 2.92 bits per heavy atom. The third-order valence-corrected chi connectivity index (χ3v) is 2.72. The van der Waals surface area contributed by atoms with Gasteiger partial charge in [-0.15, -0.1) is 0 Å². The van der Waals surface area contributed by atoms with Crippen LogP contribution in [0.1, 0.15) is 21.5 Å². The van der Waals surface area contributed by atoms with Gasteiger partial charge >= 0.3 is 5.97 Å². The zero-order valence-electron chi connectivity index (χ0n) is 6.75. The van der Waals surface area contributed by atoms with E-state index in [1.807, 2.05) is 18.2 Å². The van der Waals surface area contributed by atoms with Gasteiger partial charge in [-0.25, -0.2) is 4.79 Å². The molecule has 0 aliphatic heterocycles. The van der Waals surface area contributed by atoms with Crippen molar-refractivity contribution in [2.24, 2.45) is 0 Å². The van der Waals surface area contributed by atoms with E-state index in [-0.39, 0.29) is 0 Å². The van der Waals surface area contributed by atoms with Crippen LogP contribution in [0.4, 0.5) is 0 Å². The molecule has 0 amide bonds. The van der Waals surface area contributed by atoms with Crippen molar-refractivity contribution in [3.63, 3.8) is 0 Å². The Hall–Kier alpha value is -0.840. The lowest BCUT2D eigenvalue weighted by molar-refractivity contribution is 0.0696. The van der Waals surface area contributed by atoms with Crippen LogP contribution in [0.15, 0.2) is 18.2 Å². The van der Waals surface area contributed by atoms with E-state index in [0.29, 0.717) is 5.56 Å². The smallest absolute Gasteiger partial charge is 0.336 e. The fraction of sp³-hybridized carbons (Fsp3) is 0.100. The summed E-state index contributed by atoms with van der Waals surface area (Å²) in [5.74, 6) is -0.835. The Kier molecular flexibility index (Phi) is 2.11. The molecule has 1 aliphatic carbocycles. The highest BCUT2D eigenvalue weighted by Crippen LogP contribution is 2.25. The molecule has 0 spiro atoms. The predicted octanol–water partition coefficient (Wildman–Crippen LogP) is 2.56. The molecule has 3 heteroatoms. The number of rotatable bonds is 1. The van der Waals surface area contributed by atoms with Crippen molar-refractivity contribution in [3.8, 4) is 0 Å². The van der Waals surface area contributed by atoms with Crippen molar-refractivity contribution in [1.29, 1.82) is 0 Å². The predicted molar refractivity (Wildman–Crippen MR) is 58.9 cm³/mol. The SMILES string of the molecule is O=C(O)c1cc(I)cc2c1CC=C2. The lowest BCUT2D eigenvalue weighted by Crippen LogP contribution is -2.02. The van der Waals surface area contributed by atoms with Crippen LogP contribution in [0.5, 0.6) is 0 Å². The Bertz CT molecular complexity index is 408. The summed E-state index contributed by atoms with van der Waals surface area (Å²) in [6.45, 7) is 0. The minimum atomic E-state index is -0.835. The number of hydrogen-bond acceptors (Lipinski definition) is 1. The van der Waals surface area contributed by atoms with E-state index < -0.39 is 5.97 Å². The van der Waals surface area contributed by atoms with E-state index in [2.05, 4.69) is 22.6 Å². The fourth-order valence-electron chi connectivity index (χ4n) is 1.53. The van der Waals surface area contributed by atoms with Crippen molar-refractivity contribution < 1.29 is 9.90 Å². The van der Waals surface area contributed by atoms with Crippen LogP contribution in [0.25, 0.3) is 6.08 Å². The number of hydrogen-bond donors (Lipinski definition) is 1. The van der Waals surface area contributed by atoms with Gasteiger partial charge in [-0.1, -0.05) is 12.2 Å². The molecule has 1 aromatic carbocycles. The number of carbonyl (C=O) groups is 1. The van der Waals surface area contributed by atoms with Crippen LogP contribution >= 0.6 is 22.6 Å². The molecule has 1 aliphatic rings. The average molecular weight is 286 g/mol. The largest absolute Gasteiger partial charge is 0.478 e. The van der Waals surface area contributed by atoms with Crippen LogP contribution in [0.2, 0.25) is 0 Å². The highest BCUT2D eigenvalue weighted by atomic mass is 127. The Labute approximate surface area is 89.4 Å². The zero-order chi connectivity index (χ0) is 9.42. The van der Waals surface area contributed by atoms with Gasteiger partial charge in [-0.2, -0.15) is 0 Å². The standard InChI is InChI=1S/C10H7IO2/c11-7-4-6-2-1-3-8(6)9(5-7)10(12)13/h1-2,4-5H,3H2,(H,12,13). The third kappa shape index (κ3) is 1.48. The third-order valence-electron chi connectivity index (χ3n) is 2.10. The molecule has 0 unspecified atom stereocenters. The molecule has 0 fully saturated rings. The minimum Gasteiger partial charge on any atom is -0.478 e. The molecule has 13 heavy (non-hydrogen) atoms. The normalized spacial score (nSPS) is 13.0. The van der Waals surface area contributed by atoms with Gasteiger partial charge in [0, 0.05) is 3.57 Å². The lowest BCUT2D eigenvalue weighted by atomic mass is 10.0. The molecule has 0 saturated heterocycles. The number of allylic oxidation sites excluding steroid dienone is 1. The summed E-state index contributed by atoms with van der Waals surface area (Å²) in [5, 5.41) is 8.94. The van der Waals surface area contributed by atoms with E-state index in [0.717, 1.165) is 21.1 Å². The van der Waals surface area contributed by atoms with E-state index in [1.54, 1.807) is 6.07 Å². The molecule has 0 saturated carbocycles. The summed E-state index contributed by atoms with van der Waals surface area (Å²) < 4.78 is 0.973. The van der Waals surface area contributed by atoms with Gasteiger partial charge in [0.2, 0.25) is 0 Å². The zero-order valence-corrected chi connectivity index (χ0v) is 8.91. The highest BCUT2D eigenvalue weighted by Gasteiger charge is 2.15. The van der Waals surface area contributed by atoms with Crippen LogP contribution in [0.3, 0.4) is 0 Å². The van der Waals surface area contributed by atoms with Gasteiger partial charge in [0.05, 0.1) is 5.56 Å². The van der Waals surface area contributed by atoms with Gasteiger partial charge < -0.3 is 5.11 Å². The van der Waals surface area contributed by atoms with Gasteiger partial charge in [0.1, 0.15) is 0 Å². The maximum atomic E-state index is 10.9. The number of halogens is 1. The topological polar surface area (TPSA) is 37.3 Å². The summed E-state index contributed by atoms with van der Waals surface area (Å²) in [4.78, 5) is 10.9. The lowest BCUT2D eigenvalue weighted by Gasteiger charge is -2.04. The summed E-state index contributed by atoms with van der Waals surface area (Å²) >= 11 is 2.13. The maximum absolute atomic E-state index is 10.9. The first kappa shape index (κ1) is 8.74. The molecular formula is C10H7IO2. The van der Waals surface area contributed by atoms with Gasteiger partial charge in [-0.05, 0) is 52.3 Å². The fourth-order valence-corrected chi connectivity index (χ4v) is 2.18. The van der Waals surface area contributed by atoms with Crippen LogP contribution in [0, 0.1) is 3.57 Å². The maximum Gasteiger partial charge on any atom is 0.336 e. The van der Waals surface area contributed by atoms with Crippen LogP contribution in [-0.2, 0) is 6.42 Å². The van der Waals surface area contributed by atoms with Crippen molar-refractivity contribution in [2.75, 3.05) is 0 Å². The van der Waals surface area contributed by atoms with E-state index in [1.165, 1.54) is 0 Å². The molecule has 0 aromatic heterocycles. The molecule has 0 radical (unpaired) electrons. The average Bonchev–Trinajstić information content (AvgIpc) is 2.49. The van der Waals surface area contributed by atoms with E-state index in [4.69, 9.17) is 5.11 Å². The molecule has 2 nitrogen and oxygen atoms in total. The Morgan fingerprint density at radius 1 is 1.46 bits per heavy atom. The second-order valence-electron chi connectivity index (χ2n) is 2.93. The van der Waals surface area contributed by atoms with Gasteiger partial charge in [0.15, 0.2) is 0 Å². The first-order valence-electron chi connectivity index (χ1n) is 3.91. The van der Waals surface area contributed by atoms with E-state index >= 15 is 0 Å². The van der Waals surface area contributed by atoms with E-state index in [9.17, 15) is 4.79 Å². The highest BCUT2D eigenvalue weighted by molar-refractivity contribution is 14.1. The van der Waals surface area contributed by atoms with Crippen LogP contribution in [-0.4, -0.2) is 11.1 Å². The molecule has 0 heterocycles. The molecule has 66 valence electrons. The molecule has 1 N–H and O–H groups in total. The van der Waals surface area contributed by atoms with Crippen molar-refractivity contribution >= 4 is 34.6 Å². The number of benzene rings is 1.